The zero-order chi connectivity index (χ0) is 21.0. The van der Waals surface area contributed by atoms with E-state index in [1.165, 1.54) is 30.5 Å². The van der Waals surface area contributed by atoms with E-state index >= 15 is 0 Å². The van der Waals surface area contributed by atoms with Crippen LogP contribution in [0, 0.1) is 18.6 Å². The summed E-state index contributed by atoms with van der Waals surface area (Å²) < 4.78 is 59.6. The molecule has 0 aliphatic carbocycles. The molecule has 0 saturated heterocycles. The van der Waals surface area contributed by atoms with Gasteiger partial charge in [-0.1, -0.05) is 18.2 Å². The smallest absolute Gasteiger partial charge is 0.246 e. The van der Waals surface area contributed by atoms with Gasteiger partial charge in [0, 0.05) is 5.69 Å². The van der Waals surface area contributed by atoms with Crippen molar-refractivity contribution < 1.29 is 26.4 Å². The quantitative estimate of drug-likeness (QED) is 0.632. The summed E-state index contributed by atoms with van der Waals surface area (Å²) in [6.07, 6.45) is 1.36. The van der Waals surface area contributed by atoms with Crippen molar-refractivity contribution in [2.75, 3.05) is 11.9 Å². The fourth-order valence-corrected chi connectivity index (χ4v) is 4.10. The Labute approximate surface area is 166 Å². The van der Waals surface area contributed by atoms with Crippen molar-refractivity contribution >= 4 is 21.6 Å². The second-order valence-electron chi connectivity index (χ2n) is 6.29. The Morgan fingerprint density at radius 2 is 1.86 bits per heavy atom. The number of sulfonamides is 1. The first-order chi connectivity index (χ1) is 13.8. The van der Waals surface area contributed by atoms with Gasteiger partial charge < -0.3 is 9.73 Å². The zero-order valence-electron chi connectivity index (χ0n) is 15.4. The molecule has 0 bridgehead atoms. The monoisotopic (exact) mass is 420 g/mol. The molecule has 0 radical (unpaired) electrons. The number of amides is 1. The third-order valence-corrected chi connectivity index (χ3v) is 5.99. The third kappa shape index (κ3) is 4.87. The molecule has 1 amide bonds. The fraction of sp³-hybridized carbons (Fsp3) is 0.150. The highest BCUT2D eigenvalue weighted by Crippen LogP contribution is 2.22. The van der Waals surface area contributed by atoms with E-state index in [0.717, 1.165) is 22.5 Å². The van der Waals surface area contributed by atoms with E-state index in [2.05, 4.69) is 5.32 Å². The molecule has 0 unspecified atom stereocenters. The summed E-state index contributed by atoms with van der Waals surface area (Å²) >= 11 is 0. The minimum atomic E-state index is -4.35. The maximum atomic E-state index is 14.1. The van der Waals surface area contributed by atoms with Crippen molar-refractivity contribution in [1.29, 1.82) is 0 Å². The van der Waals surface area contributed by atoms with Crippen LogP contribution in [0.25, 0.3) is 0 Å². The zero-order valence-corrected chi connectivity index (χ0v) is 16.2. The first-order valence-corrected chi connectivity index (χ1v) is 10.0. The van der Waals surface area contributed by atoms with Gasteiger partial charge in [0.25, 0.3) is 0 Å². The van der Waals surface area contributed by atoms with Crippen LogP contribution in [-0.4, -0.2) is 25.2 Å². The summed E-state index contributed by atoms with van der Waals surface area (Å²) in [5.41, 5.74) is 0.825. The number of anilines is 1. The number of carbonyl (C=O) groups excluding carboxylic acids is 1. The highest BCUT2D eigenvalue weighted by molar-refractivity contribution is 7.89. The van der Waals surface area contributed by atoms with Crippen LogP contribution < -0.4 is 5.32 Å². The Hall–Kier alpha value is -3.04. The van der Waals surface area contributed by atoms with Crippen LogP contribution in [0.3, 0.4) is 0 Å². The summed E-state index contributed by atoms with van der Waals surface area (Å²) in [6.45, 7) is 0.776. The van der Waals surface area contributed by atoms with Gasteiger partial charge in [-0.25, -0.2) is 17.2 Å². The van der Waals surface area contributed by atoms with E-state index in [1.54, 1.807) is 19.1 Å². The summed E-state index contributed by atoms with van der Waals surface area (Å²) in [4.78, 5) is 12.0. The second-order valence-corrected chi connectivity index (χ2v) is 8.20. The second kappa shape index (κ2) is 8.54. The molecule has 0 aliphatic heterocycles. The summed E-state index contributed by atoms with van der Waals surface area (Å²) in [5, 5.41) is 2.49. The normalized spacial score (nSPS) is 11.6. The maximum Gasteiger partial charge on any atom is 0.246 e. The lowest BCUT2D eigenvalue weighted by atomic mass is 10.2. The van der Waals surface area contributed by atoms with Gasteiger partial charge in [-0.15, -0.1) is 0 Å². The van der Waals surface area contributed by atoms with Gasteiger partial charge in [0.15, 0.2) is 0 Å². The van der Waals surface area contributed by atoms with Crippen LogP contribution in [0.1, 0.15) is 11.3 Å². The molecule has 0 saturated carbocycles. The van der Waals surface area contributed by atoms with Gasteiger partial charge >= 0.3 is 0 Å². The van der Waals surface area contributed by atoms with Crippen molar-refractivity contribution in [3.63, 3.8) is 0 Å². The lowest BCUT2D eigenvalue weighted by Crippen LogP contribution is -2.38. The number of nitrogens with zero attached hydrogens (tertiary/aromatic N) is 1. The molecule has 1 heterocycles. The van der Waals surface area contributed by atoms with Crippen molar-refractivity contribution in [2.24, 2.45) is 0 Å². The van der Waals surface area contributed by atoms with E-state index in [-0.39, 0.29) is 18.0 Å². The molecule has 0 atom stereocenters. The van der Waals surface area contributed by atoms with Crippen LogP contribution in [0.2, 0.25) is 0 Å². The first-order valence-electron chi connectivity index (χ1n) is 8.60. The van der Waals surface area contributed by atoms with Crippen molar-refractivity contribution in [3.05, 3.63) is 83.8 Å². The lowest BCUT2D eigenvalue weighted by Gasteiger charge is -2.21. The van der Waals surface area contributed by atoms with Gasteiger partial charge in [-0.05, 0) is 48.9 Å². The van der Waals surface area contributed by atoms with Crippen molar-refractivity contribution in [3.8, 4) is 0 Å². The highest BCUT2D eigenvalue weighted by Gasteiger charge is 2.30. The SMILES string of the molecule is Cc1ccc(F)cc1NC(=O)CN(Cc1ccco1)S(=O)(=O)c1ccccc1F. The number of benzene rings is 2. The molecule has 1 N–H and O–H groups in total. The minimum Gasteiger partial charge on any atom is -0.468 e. The average Bonchev–Trinajstić information content (AvgIpc) is 3.17. The number of halogens is 2. The van der Waals surface area contributed by atoms with Crippen LogP contribution in [0.15, 0.2) is 70.2 Å². The van der Waals surface area contributed by atoms with Gasteiger partial charge in [0.2, 0.25) is 15.9 Å². The average molecular weight is 420 g/mol. The number of aryl methyl sites for hydroxylation is 1. The maximum absolute atomic E-state index is 14.1. The fourth-order valence-electron chi connectivity index (χ4n) is 2.67. The number of rotatable bonds is 7. The third-order valence-electron chi connectivity index (χ3n) is 4.16. The van der Waals surface area contributed by atoms with Gasteiger partial charge in [0.05, 0.1) is 19.4 Å². The van der Waals surface area contributed by atoms with Crippen molar-refractivity contribution in [1.82, 2.24) is 4.31 Å². The molecule has 3 aromatic rings. The molecule has 0 aliphatic rings. The number of hydrogen-bond donors (Lipinski definition) is 1. The Bertz CT molecular complexity index is 1120. The highest BCUT2D eigenvalue weighted by atomic mass is 32.2. The number of hydrogen-bond acceptors (Lipinski definition) is 4. The number of nitrogens with one attached hydrogen (secondary N) is 1. The summed E-state index contributed by atoms with van der Waals surface area (Å²) in [5.74, 6) is -1.90. The van der Waals surface area contributed by atoms with Gasteiger partial charge in [0.1, 0.15) is 22.3 Å². The molecule has 6 nitrogen and oxygen atoms in total. The van der Waals surface area contributed by atoms with E-state index in [1.807, 2.05) is 0 Å². The van der Waals surface area contributed by atoms with Crippen LogP contribution >= 0.6 is 0 Å². The van der Waals surface area contributed by atoms with E-state index < -0.39 is 39.0 Å². The van der Waals surface area contributed by atoms with Crippen LogP contribution in [0.5, 0.6) is 0 Å². The van der Waals surface area contributed by atoms with E-state index in [9.17, 15) is 22.0 Å². The number of furan rings is 1. The molecule has 1 aromatic heterocycles. The Kier molecular flexibility index (Phi) is 6.09. The summed E-state index contributed by atoms with van der Waals surface area (Å²) in [6, 6.07) is 11.9. The van der Waals surface area contributed by atoms with Crippen molar-refractivity contribution in [2.45, 2.75) is 18.4 Å². The van der Waals surface area contributed by atoms with Crippen LogP contribution in [-0.2, 0) is 21.4 Å². The lowest BCUT2D eigenvalue weighted by molar-refractivity contribution is -0.116. The predicted molar refractivity (Wildman–Crippen MR) is 102 cm³/mol. The largest absolute Gasteiger partial charge is 0.468 e. The Balaban J connectivity index is 1.88. The minimum absolute atomic E-state index is 0.219. The van der Waals surface area contributed by atoms with E-state index in [0.29, 0.717) is 5.56 Å². The molecule has 0 fully saturated rings. The topological polar surface area (TPSA) is 79.6 Å². The molecule has 3 rings (SSSR count). The molecule has 2 aromatic carbocycles. The van der Waals surface area contributed by atoms with Gasteiger partial charge in [-0.3, -0.25) is 4.79 Å². The Morgan fingerprint density at radius 1 is 1.10 bits per heavy atom. The first kappa shape index (κ1) is 20.7. The van der Waals surface area contributed by atoms with E-state index in [4.69, 9.17) is 4.42 Å². The molecular weight excluding hydrogens is 402 g/mol. The molecule has 152 valence electrons. The molecule has 9 heteroatoms. The van der Waals surface area contributed by atoms with Crippen LogP contribution in [0.4, 0.5) is 14.5 Å². The molecule has 29 heavy (non-hydrogen) atoms. The van der Waals surface area contributed by atoms with Gasteiger partial charge in [-0.2, -0.15) is 4.31 Å². The molecular formula is C20H18F2N2O4S. The predicted octanol–water partition coefficient (Wildman–Crippen LogP) is 3.70. The summed E-state index contributed by atoms with van der Waals surface area (Å²) in [7, 11) is -4.35. The number of carbonyl (C=O) groups is 1. The Morgan fingerprint density at radius 3 is 2.55 bits per heavy atom. The molecule has 0 spiro atoms. The standard InChI is InChI=1S/C20H18F2N2O4S/c1-14-8-9-15(21)11-18(14)23-20(25)13-24(12-16-5-4-10-28-16)29(26,27)19-7-3-2-6-17(19)22/h2-11H,12-13H2,1H3,(H,23,25).